The SMILES string of the molecule is CCOC(=O)CCNC(=O)c1ccc(CN(C(=O)Nc2ccc(OC(F)(F)F)cc2)C2CCC3(CC2)OCCO3)cc1. The number of amides is 3. The molecule has 2 aromatic carbocycles. The second kappa shape index (κ2) is 13.9. The fourth-order valence-corrected chi connectivity index (χ4v) is 5.01. The van der Waals surface area contributed by atoms with Gasteiger partial charge in [0.2, 0.25) is 0 Å². The van der Waals surface area contributed by atoms with Crippen LogP contribution >= 0.6 is 0 Å². The van der Waals surface area contributed by atoms with Crippen molar-refractivity contribution in [3.63, 3.8) is 0 Å². The van der Waals surface area contributed by atoms with Gasteiger partial charge in [0, 0.05) is 43.2 Å². The topological polar surface area (TPSA) is 115 Å². The van der Waals surface area contributed by atoms with Crippen molar-refractivity contribution in [1.29, 1.82) is 0 Å². The molecule has 2 aliphatic rings. The van der Waals surface area contributed by atoms with Gasteiger partial charge in [-0.05, 0) is 61.7 Å². The standard InChI is InChI=1S/C29H34F3N3O7/c1-2-39-25(36)13-16-33-26(37)21-5-3-20(4-6-21)19-35(23-11-14-28(15-12-23)40-17-18-41-28)27(38)34-22-7-9-24(10-8-22)42-29(30,31)32/h3-10,23H,2,11-19H2,1H3,(H,33,37)(H,34,38). The molecule has 228 valence electrons. The zero-order chi connectivity index (χ0) is 30.2. The first-order valence-corrected chi connectivity index (χ1v) is 13.8. The number of benzene rings is 2. The number of alkyl halides is 3. The summed E-state index contributed by atoms with van der Waals surface area (Å²) in [5.41, 5.74) is 1.48. The van der Waals surface area contributed by atoms with E-state index in [4.69, 9.17) is 14.2 Å². The molecule has 13 heteroatoms. The summed E-state index contributed by atoms with van der Waals surface area (Å²) in [7, 11) is 0. The number of anilines is 1. The summed E-state index contributed by atoms with van der Waals surface area (Å²) >= 11 is 0. The van der Waals surface area contributed by atoms with Crippen molar-refractivity contribution in [2.75, 3.05) is 31.7 Å². The van der Waals surface area contributed by atoms with Gasteiger partial charge >= 0.3 is 18.4 Å². The number of carbonyl (C=O) groups excluding carboxylic acids is 3. The quantitative estimate of drug-likeness (QED) is 0.373. The lowest BCUT2D eigenvalue weighted by Crippen LogP contribution is -2.47. The van der Waals surface area contributed by atoms with Crippen molar-refractivity contribution >= 4 is 23.6 Å². The summed E-state index contributed by atoms with van der Waals surface area (Å²) in [6.07, 6.45) is -2.24. The van der Waals surface area contributed by atoms with Crippen molar-refractivity contribution in [3.05, 3.63) is 59.7 Å². The summed E-state index contributed by atoms with van der Waals surface area (Å²) in [6, 6.07) is 11.1. The number of urea groups is 1. The van der Waals surface area contributed by atoms with Gasteiger partial charge in [0.25, 0.3) is 5.91 Å². The van der Waals surface area contributed by atoms with Crippen LogP contribution in [0.1, 0.15) is 54.9 Å². The van der Waals surface area contributed by atoms with Gasteiger partial charge in [-0.25, -0.2) is 4.79 Å². The monoisotopic (exact) mass is 593 g/mol. The average Bonchev–Trinajstić information content (AvgIpc) is 3.41. The van der Waals surface area contributed by atoms with Crippen molar-refractivity contribution < 1.29 is 46.5 Å². The van der Waals surface area contributed by atoms with E-state index in [1.165, 1.54) is 12.1 Å². The van der Waals surface area contributed by atoms with Crippen LogP contribution in [0.2, 0.25) is 0 Å². The molecule has 0 atom stereocenters. The van der Waals surface area contributed by atoms with Crippen LogP contribution in [0.15, 0.2) is 48.5 Å². The first-order chi connectivity index (χ1) is 20.1. The predicted octanol–water partition coefficient (Wildman–Crippen LogP) is 4.99. The molecule has 1 heterocycles. The lowest BCUT2D eigenvalue weighted by Gasteiger charge is -2.40. The Kier molecular flexibility index (Phi) is 10.3. The fourth-order valence-electron chi connectivity index (χ4n) is 5.01. The van der Waals surface area contributed by atoms with Gasteiger partial charge in [0.15, 0.2) is 5.79 Å². The van der Waals surface area contributed by atoms with E-state index in [0.717, 1.165) is 17.7 Å². The number of hydrogen-bond acceptors (Lipinski definition) is 7. The van der Waals surface area contributed by atoms with E-state index in [2.05, 4.69) is 15.4 Å². The van der Waals surface area contributed by atoms with E-state index in [1.54, 1.807) is 36.1 Å². The number of nitrogens with zero attached hydrogens (tertiary/aromatic N) is 1. The molecule has 1 saturated heterocycles. The maximum Gasteiger partial charge on any atom is 0.573 e. The zero-order valence-electron chi connectivity index (χ0n) is 23.2. The third-order valence-corrected chi connectivity index (χ3v) is 7.06. The van der Waals surface area contributed by atoms with E-state index >= 15 is 0 Å². The highest BCUT2D eigenvalue weighted by Crippen LogP contribution is 2.38. The second-order valence-electron chi connectivity index (χ2n) is 9.98. The van der Waals surface area contributed by atoms with Gasteiger partial charge in [-0.1, -0.05) is 12.1 Å². The van der Waals surface area contributed by atoms with Crippen molar-refractivity contribution in [2.24, 2.45) is 0 Å². The highest BCUT2D eigenvalue weighted by molar-refractivity contribution is 5.94. The summed E-state index contributed by atoms with van der Waals surface area (Å²) in [6.45, 7) is 3.42. The molecule has 0 aromatic heterocycles. The Morgan fingerprint density at radius 3 is 2.24 bits per heavy atom. The maximum atomic E-state index is 13.5. The molecule has 1 aliphatic carbocycles. The molecular formula is C29H34F3N3O7. The third-order valence-electron chi connectivity index (χ3n) is 7.06. The Hall–Kier alpha value is -3.84. The molecule has 0 radical (unpaired) electrons. The van der Waals surface area contributed by atoms with Gasteiger partial charge in [-0.3, -0.25) is 9.59 Å². The van der Waals surface area contributed by atoms with Crippen LogP contribution in [0, 0.1) is 0 Å². The Morgan fingerprint density at radius 2 is 1.64 bits per heavy atom. The van der Waals surface area contributed by atoms with Crippen LogP contribution in [0.5, 0.6) is 5.75 Å². The Labute approximate surface area is 241 Å². The molecule has 2 aromatic rings. The minimum atomic E-state index is -4.81. The Bertz CT molecular complexity index is 1210. The van der Waals surface area contributed by atoms with Crippen LogP contribution in [0.3, 0.4) is 0 Å². The number of nitrogens with one attached hydrogen (secondary N) is 2. The number of rotatable bonds is 10. The number of carbonyl (C=O) groups is 3. The summed E-state index contributed by atoms with van der Waals surface area (Å²) in [4.78, 5) is 39.1. The van der Waals surface area contributed by atoms with Gasteiger partial charge in [-0.2, -0.15) is 0 Å². The lowest BCUT2D eigenvalue weighted by atomic mass is 9.89. The Balaban J connectivity index is 1.41. The smallest absolute Gasteiger partial charge is 0.466 e. The molecule has 2 N–H and O–H groups in total. The molecule has 1 aliphatic heterocycles. The summed E-state index contributed by atoms with van der Waals surface area (Å²) in [5, 5.41) is 5.44. The molecule has 1 spiro atoms. The van der Waals surface area contributed by atoms with Crippen LogP contribution in [0.25, 0.3) is 0 Å². The van der Waals surface area contributed by atoms with E-state index < -0.39 is 29.9 Å². The van der Waals surface area contributed by atoms with E-state index in [9.17, 15) is 27.6 Å². The molecule has 42 heavy (non-hydrogen) atoms. The minimum Gasteiger partial charge on any atom is -0.466 e. The Morgan fingerprint density at radius 1 is 1.00 bits per heavy atom. The van der Waals surface area contributed by atoms with Crippen LogP contribution in [-0.2, 0) is 25.5 Å². The number of esters is 1. The van der Waals surface area contributed by atoms with Gasteiger partial charge in [0.1, 0.15) is 5.75 Å². The van der Waals surface area contributed by atoms with E-state index in [1.807, 2.05) is 0 Å². The number of halogens is 3. The first-order valence-electron chi connectivity index (χ1n) is 13.8. The summed E-state index contributed by atoms with van der Waals surface area (Å²) < 4.78 is 57.9. The van der Waals surface area contributed by atoms with Crippen molar-refractivity contribution in [2.45, 2.75) is 63.8 Å². The fraction of sp³-hybridized carbons (Fsp3) is 0.483. The normalized spacial score (nSPS) is 16.6. The van der Waals surface area contributed by atoms with Gasteiger partial charge in [-0.15, -0.1) is 13.2 Å². The van der Waals surface area contributed by atoms with Crippen LogP contribution in [0.4, 0.5) is 23.7 Å². The summed E-state index contributed by atoms with van der Waals surface area (Å²) in [5.74, 6) is -1.74. The molecule has 0 unspecified atom stereocenters. The van der Waals surface area contributed by atoms with Gasteiger partial charge < -0.3 is 34.5 Å². The highest BCUT2D eigenvalue weighted by Gasteiger charge is 2.42. The van der Waals surface area contributed by atoms with Crippen LogP contribution in [-0.4, -0.2) is 67.4 Å². The van der Waals surface area contributed by atoms with E-state index in [0.29, 0.717) is 50.1 Å². The lowest BCUT2D eigenvalue weighted by molar-refractivity contribution is -0.274. The largest absolute Gasteiger partial charge is 0.573 e. The number of hydrogen-bond donors (Lipinski definition) is 2. The molecular weight excluding hydrogens is 559 g/mol. The van der Waals surface area contributed by atoms with Gasteiger partial charge in [0.05, 0.1) is 26.2 Å². The number of ether oxygens (including phenoxy) is 4. The first kappa shape index (κ1) is 31.1. The zero-order valence-corrected chi connectivity index (χ0v) is 23.2. The minimum absolute atomic E-state index is 0.0680. The highest BCUT2D eigenvalue weighted by atomic mass is 19.4. The third kappa shape index (κ3) is 8.83. The second-order valence-corrected chi connectivity index (χ2v) is 9.98. The molecule has 4 rings (SSSR count). The van der Waals surface area contributed by atoms with Crippen molar-refractivity contribution in [1.82, 2.24) is 10.2 Å². The molecule has 10 nitrogen and oxygen atoms in total. The molecule has 0 bridgehead atoms. The average molecular weight is 594 g/mol. The molecule has 2 fully saturated rings. The maximum absolute atomic E-state index is 13.5. The van der Waals surface area contributed by atoms with Crippen LogP contribution < -0.4 is 15.4 Å². The molecule has 3 amide bonds. The molecule has 1 saturated carbocycles. The predicted molar refractivity (Wildman–Crippen MR) is 145 cm³/mol. The van der Waals surface area contributed by atoms with Crippen molar-refractivity contribution in [3.8, 4) is 5.75 Å². The van der Waals surface area contributed by atoms with E-state index in [-0.39, 0.29) is 38.1 Å².